The Labute approximate surface area is 119 Å². The summed E-state index contributed by atoms with van der Waals surface area (Å²) in [6.07, 6.45) is 0. The van der Waals surface area contributed by atoms with E-state index >= 15 is 0 Å². The quantitative estimate of drug-likeness (QED) is 0.816. The molecule has 1 saturated carbocycles. The van der Waals surface area contributed by atoms with Crippen molar-refractivity contribution >= 4 is 5.91 Å². The van der Waals surface area contributed by atoms with Crippen LogP contribution in [0.3, 0.4) is 0 Å². The Hall–Kier alpha value is -2.09. The van der Waals surface area contributed by atoms with Crippen LogP contribution in [-0.4, -0.2) is 24.4 Å². The van der Waals surface area contributed by atoms with Crippen molar-refractivity contribution in [1.82, 2.24) is 4.90 Å². The van der Waals surface area contributed by atoms with Crippen LogP contribution in [0.1, 0.15) is 17.0 Å². The first-order valence-electron chi connectivity index (χ1n) is 7.10. The van der Waals surface area contributed by atoms with Crippen molar-refractivity contribution < 1.29 is 4.79 Å². The Morgan fingerprint density at radius 3 is 2.20 bits per heavy atom. The molecule has 0 N–H and O–H groups in total. The van der Waals surface area contributed by atoms with Gasteiger partial charge in [0.15, 0.2) is 0 Å². The zero-order chi connectivity index (χ0) is 13.7. The van der Waals surface area contributed by atoms with Crippen LogP contribution < -0.4 is 0 Å². The second kappa shape index (κ2) is 3.95. The average Bonchev–Trinajstić information content (AvgIpc) is 3.10. The third-order valence-corrected chi connectivity index (χ3v) is 4.95. The topological polar surface area (TPSA) is 20.3 Å². The van der Waals surface area contributed by atoms with E-state index in [1.165, 1.54) is 11.1 Å². The van der Waals surface area contributed by atoms with Crippen LogP contribution in [0.4, 0.5) is 0 Å². The molecule has 3 atom stereocenters. The minimum absolute atomic E-state index is 0.00551. The lowest BCUT2D eigenvalue weighted by Gasteiger charge is -2.21. The highest BCUT2D eigenvalue weighted by Crippen LogP contribution is 2.69. The Balaban J connectivity index is 1.82. The molecule has 2 aromatic rings. The maximum absolute atomic E-state index is 12.4. The van der Waals surface area contributed by atoms with Crippen molar-refractivity contribution in [2.45, 2.75) is 11.3 Å². The fourth-order valence-electron chi connectivity index (χ4n) is 4.06. The van der Waals surface area contributed by atoms with Crippen molar-refractivity contribution in [2.75, 3.05) is 13.6 Å². The zero-order valence-corrected chi connectivity index (χ0v) is 11.5. The van der Waals surface area contributed by atoms with Crippen LogP contribution in [0, 0.1) is 5.92 Å². The zero-order valence-electron chi connectivity index (χ0n) is 11.5. The monoisotopic (exact) mass is 263 g/mol. The van der Waals surface area contributed by atoms with E-state index in [1.807, 2.05) is 24.1 Å². The van der Waals surface area contributed by atoms with E-state index < -0.39 is 0 Å². The van der Waals surface area contributed by atoms with Gasteiger partial charge < -0.3 is 4.90 Å². The second-order valence-electron chi connectivity index (χ2n) is 5.97. The number of amides is 1. The van der Waals surface area contributed by atoms with E-state index in [0.717, 1.165) is 6.54 Å². The summed E-state index contributed by atoms with van der Waals surface area (Å²) in [6, 6.07) is 21.0. The number of piperidine rings is 1. The Morgan fingerprint density at radius 2 is 1.55 bits per heavy atom. The predicted octanol–water partition coefficient (Wildman–Crippen LogP) is 2.81. The van der Waals surface area contributed by atoms with Gasteiger partial charge in [0.2, 0.25) is 5.91 Å². The third kappa shape index (κ3) is 1.36. The summed E-state index contributed by atoms with van der Waals surface area (Å²) in [5.41, 5.74) is 2.59. The summed E-state index contributed by atoms with van der Waals surface area (Å²) in [5, 5.41) is 0. The molecule has 3 unspecified atom stereocenters. The lowest BCUT2D eigenvalue weighted by Crippen LogP contribution is -2.28. The van der Waals surface area contributed by atoms with Crippen LogP contribution in [0.15, 0.2) is 60.7 Å². The number of hydrogen-bond donors (Lipinski definition) is 0. The largest absolute Gasteiger partial charge is 0.345 e. The summed E-state index contributed by atoms with van der Waals surface area (Å²) < 4.78 is 0. The van der Waals surface area contributed by atoms with Crippen LogP contribution in [-0.2, 0) is 10.2 Å². The highest BCUT2D eigenvalue weighted by Gasteiger charge is 2.73. The molecule has 0 aromatic heterocycles. The van der Waals surface area contributed by atoms with E-state index in [2.05, 4.69) is 48.5 Å². The van der Waals surface area contributed by atoms with Gasteiger partial charge in [0.1, 0.15) is 0 Å². The van der Waals surface area contributed by atoms with Crippen LogP contribution in [0.5, 0.6) is 0 Å². The molecule has 0 spiro atoms. The normalized spacial score (nSPS) is 31.2. The molecular formula is C18H17NO. The minimum Gasteiger partial charge on any atom is -0.345 e. The number of likely N-dealkylation sites (N-methyl/N-ethyl adjacent to an activating group) is 1. The molecule has 1 aliphatic carbocycles. The lowest BCUT2D eigenvalue weighted by atomic mass is 9.90. The maximum atomic E-state index is 12.4. The van der Waals surface area contributed by atoms with Gasteiger partial charge in [-0.2, -0.15) is 0 Å². The number of fused-ring (bicyclic) bond motifs is 1. The first-order valence-corrected chi connectivity index (χ1v) is 7.10. The highest BCUT2D eigenvalue weighted by molar-refractivity contribution is 5.90. The summed E-state index contributed by atoms with van der Waals surface area (Å²) in [6.45, 7) is 0.833. The Bertz CT molecular complexity index is 652. The number of hydrogen-bond acceptors (Lipinski definition) is 1. The number of nitrogens with zero attached hydrogens (tertiary/aromatic N) is 1. The minimum atomic E-state index is -0.00551. The summed E-state index contributed by atoms with van der Waals surface area (Å²) in [4.78, 5) is 14.3. The molecule has 1 saturated heterocycles. The summed E-state index contributed by atoms with van der Waals surface area (Å²) in [7, 11) is 1.92. The molecule has 1 heterocycles. The molecule has 1 aliphatic heterocycles. The smallest absolute Gasteiger partial charge is 0.227 e. The summed E-state index contributed by atoms with van der Waals surface area (Å²) in [5.74, 6) is 0.759. The molecule has 2 aliphatic rings. The van der Waals surface area contributed by atoms with E-state index in [-0.39, 0.29) is 11.3 Å². The maximum Gasteiger partial charge on any atom is 0.227 e. The van der Waals surface area contributed by atoms with Gasteiger partial charge in [0, 0.05) is 24.9 Å². The first kappa shape index (κ1) is 11.7. The highest BCUT2D eigenvalue weighted by atomic mass is 16.2. The molecule has 4 rings (SSSR count). The predicted molar refractivity (Wildman–Crippen MR) is 78.4 cm³/mol. The lowest BCUT2D eigenvalue weighted by molar-refractivity contribution is -0.128. The first-order chi connectivity index (χ1) is 9.75. The van der Waals surface area contributed by atoms with Crippen molar-refractivity contribution in [3.05, 3.63) is 71.8 Å². The number of benzene rings is 2. The van der Waals surface area contributed by atoms with Crippen LogP contribution in [0.2, 0.25) is 0 Å². The molecule has 100 valence electrons. The second-order valence-corrected chi connectivity index (χ2v) is 5.97. The molecule has 2 fully saturated rings. The number of rotatable bonds is 2. The number of likely N-dealkylation sites (tertiary alicyclic amines) is 1. The molecule has 0 radical (unpaired) electrons. The van der Waals surface area contributed by atoms with Crippen LogP contribution in [0.25, 0.3) is 0 Å². The van der Waals surface area contributed by atoms with Gasteiger partial charge in [-0.3, -0.25) is 4.79 Å². The van der Waals surface area contributed by atoms with Gasteiger partial charge in [0.25, 0.3) is 0 Å². The molecule has 2 nitrogen and oxygen atoms in total. The van der Waals surface area contributed by atoms with Crippen molar-refractivity contribution in [3.8, 4) is 0 Å². The van der Waals surface area contributed by atoms with Gasteiger partial charge >= 0.3 is 0 Å². The SMILES string of the molecule is CN1CC2(c3ccccc3)C(C1=O)C2c1ccccc1. The Morgan fingerprint density at radius 1 is 0.950 bits per heavy atom. The molecule has 2 aromatic carbocycles. The number of carbonyl (C=O) groups is 1. The molecular weight excluding hydrogens is 246 g/mol. The van der Waals surface area contributed by atoms with E-state index in [0.29, 0.717) is 11.8 Å². The molecule has 1 amide bonds. The van der Waals surface area contributed by atoms with Crippen LogP contribution >= 0.6 is 0 Å². The molecule has 20 heavy (non-hydrogen) atoms. The average molecular weight is 263 g/mol. The fraction of sp³-hybridized carbons (Fsp3) is 0.278. The Kier molecular flexibility index (Phi) is 2.31. The van der Waals surface area contributed by atoms with Gasteiger partial charge in [-0.25, -0.2) is 0 Å². The molecule has 0 bridgehead atoms. The van der Waals surface area contributed by atoms with Crippen molar-refractivity contribution in [1.29, 1.82) is 0 Å². The fourth-order valence-corrected chi connectivity index (χ4v) is 4.06. The standard InChI is InChI=1S/C18H17NO/c1-19-12-18(14-10-6-3-7-11-14)15(16(18)17(19)20)13-8-4-2-5-9-13/h2-11,15-16H,12H2,1H3. The number of carbonyl (C=O) groups excluding carboxylic acids is 1. The molecule has 2 heteroatoms. The van der Waals surface area contributed by atoms with E-state index in [1.54, 1.807) is 0 Å². The van der Waals surface area contributed by atoms with E-state index in [9.17, 15) is 4.79 Å². The van der Waals surface area contributed by atoms with Gasteiger partial charge in [0.05, 0.1) is 5.92 Å². The summed E-state index contributed by atoms with van der Waals surface area (Å²) >= 11 is 0. The van der Waals surface area contributed by atoms with Gasteiger partial charge in [-0.1, -0.05) is 60.7 Å². The van der Waals surface area contributed by atoms with Gasteiger partial charge in [-0.05, 0) is 11.1 Å². The van der Waals surface area contributed by atoms with Gasteiger partial charge in [-0.15, -0.1) is 0 Å². The van der Waals surface area contributed by atoms with Crippen molar-refractivity contribution in [2.24, 2.45) is 5.92 Å². The van der Waals surface area contributed by atoms with Crippen molar-refractivity contribution in [3.63, 3.8) is 0 Å². The third-order valence-electron chi connectivity index (χ3n) is 4.95. The van der Waals surface area contributed by atoms with E-state index in [4.69, 9.17) is 0 Å².